The molecule has 108 valence electrons. The van der Waals surface area contributed by atoms with Crippen LogP contribution in [-0.4, -0.2) is 21.0 Å². The first-order chi connectivity index (χ1) is 9.88. The maximum atomic E-state index is 13.6. The number of hydrogen-bond donors (Lipinski definition) is 1. The third kappa shape index (κ3) is 3.11. The first-order valence-corrected chi connectivity index (χ1v) is 5.71. The van der Waals surface area contributed by atoms with Crippen LogP contribution >= 0.6 is 0 Å². The Morgan fingerprint density at radius 3 is 2.71 bits per heavy atom. The third-order valence-electron chi connectivity index (χ3n) is 2.55. The van der Waals surface area contributed by atoms with Gasteiger partial charge >= 0.3 is 17.5 Å². The second-order valence-corrected chi connectivity index (χ2v) is 4.12. The Balaban J connectivity index is 2.50. The lowest BCUT2D eigenvalue weighted by Gasteiger charge is -2.07. The van der Waals surface area contributed by atoms with E-state index in [-0.39, 0.29) is 5.75 Å². The van der Waals surface area contributed by atoms with Crippen molar-refractivity contribution in [1.29, 1.82) is 0 Å². The molecule has 1 aromatic heterocycles. The first kappa shape index (κ1) is 14.4. The molecular weight excluding hydrogens is 283 g/mol. The Kier molecular flexibility index (Phi) is 3.79. The molecule has 0 amide bonds. The minimum absolute atomic E-state index is 0.270. The quantitative estimate of drug-likeness (QED) is 0.686. The van der Waals surface area contributed by atoms with Gasteiger partial charge < -0.3 is 9.84 Å². The van der Waals surface area contributed by atoms with Gasteiger partial charge in [0.05, 0.1) is 4.92 Å². The molecule has 0 aliphatic carbocycles. The summed E-state index contributed by atoms with van der Waals surface area (Å²) in [6, 6.07) is 5.88. The zero-order valence-corrected chi connectivity index (χ0v) is 10.7. The SMILES string of the molecule is Cc1ccc(F)c(Oc2nc(C(=O)O)ccc2[N+](=O)[O-])c1. The van der Waals surface area contributed by atoms with Crippen molar-refractivity contribution in [2.45, 2.75) is 6.92 Å². The number of nitro groups is 1. The van der Waals surface area contributed by atoms with Gasteiger partial charge in [-0.15, -0.1) is 0 Å². The van der Waals surface area contributed by atoms with E-state index in [4.69, 9.17) is 9.84 Å². The Bertz CT molecular complexity index is 732. The smallest absolute Gasteiger partial charge is 0.354 e. The van der Waals surface area contributed by atoms with Gasteiger partial charge in [-0.25, -0.2) is 9.18 Å². The number of rotatable bonds is 4. The third-order valence-corrected chi connectivity index (χ3v) is 2.55. The monoisotopic (exact) mass is 292 g/mol. The summed E-state index contributed by atoms with van der Waals surface area (Å²) in [7, 11) is 0. The van der Waals surface area contributed by atoms with Crippen LogP contribution in [0.25, 0.3) is 0 Å². The van der Waals surface area contributed by atoms with Gasteiger partial charge in [0.15, 0.2) is 17.3 Å². The van der Waals surface area contributed by atoms with Crippen LogP contribution in [0.3, 0.4) is 0 Å². The summed E-state index contributed by atoms with van der Waals surface area (Å²) in [6.45, 7) is 1.68. The lowest BCUT2D eigenvalue weighted by Crippen LogP contribution is -2.04. The van der Waals surface area contributed by atoms with Crippen molar-refractivity contribution in [2.75, 3.05) is 0 Å². The van der Waals surface area contributed by atoms with Crippen molar-refractivity contribution >= 4 is 11.7 Å². The molecule has 0 aliphatic rings. The molecule has 0 radical (unpaired) electrons. The fraction of sp³-hybridized carbons (Fsp3) is 0.0769. The van der Waals surface area contributed by atoms with Crippen molar-refractivity contribution in [3.8, 4) is 11.6 Å². The molecule has 0 fully saturated rings. The van der Waals surface area contributed by atoms with Gasteiger partial charge in [0.25, 0.3) is 0 Å². The normalized spacial score (nSPS) is 10.2. The number of pyridine rings is 1. The molecule has 0 atom stereocenters. The number of aryl methyl sites for hydroxylation is 1. The predicted octanol–water partition coefficient (Wildman–Crippen LogP) is 2.93. The molecule has 2 aromatic rings. The minimum Gasteiger partial charge on any atom is -0.477 e. The zero-order valence-electron chi connectivity index (χ0n) is 10.7. The van der Waals surface area contributed by atoms with E-state index in [9.17, 15) is 19.3 Å². The molecule has 1 aromatic carbocycles. The van der Waals surface area contributed by atoms with Gasteiger partial charge in [-0.2, -0.15) is 4.98 Å². The lowest BCUT2D eigenvalue weighted by atomic mass is 10.2. The Labute approximate surface area is 117 Å². The summed E-state index contributed by atoms with van der Waals surface area (Å²) in [5, 5.41) is 19.7. The molecule has 1 N–H and O–H groups in total. The molecule has 7 nitrogen and oxygen atoms in total. The minimum atomic E-state index is -1.38. The largest absolute Gasteiger partial charge is 0.477 e. The Hall–Kier alpha value is -3.03. The number of carboxylic acids is 1. The second kappa shape index (κ2) is 5.53. The van der Waals surface area contributed by atoms with Crippen LogP contribution in [0.1, 0.15) is 16.1 Å². The molecule has 0 saturated carbocycles. The number of carbonyl (C=O) groups is 1. The van der Waals surface area contributed by atoms with Gasteiger partial charge in [-0.05, 0) is 30.7 Å². The number of halogens is 1. The molecule has 0 aliphatic heterocycles. The standard InChI is InChI=1S/C13H9FN2O5/c1-7-2-3-8(14)11(6-7)21-12-10(16(19)20)5-4-9(15-12)13(17)18/h2-6H,1H3,(H,17,18). The van der Waals surface area contributed by atoms with Gasteiger partial charge in [-0.3, -0.25) is 10.1 Å². The van der Waals surface area contributed by atoms with E-state index in [1.807, 2.05) is 0 Å². The molecule has 21 heavy (non-hydrogen) atoms. The average Bonchev–Trinajstić information content (AvgIpc) is 2.42. The fourth-order valence-electron chi connectivity index (χ4n) is 1.56. The summed E-state index contributed by atoms with van der Waals surface area (Å²) in [4.78, 5) is 24.5. The molecule has 8 heteroatoms. The highest BCUT2D eigenvalue weighted by Crippen LogP contribution is 2.31. The van der Waals surface area contributed by atoms with Crippen LogP contribution in [-0.2, 0) is 0 Å². The maximum absolute atomic E-state index is 13.6. The highest BCUT2D eigenvalue weighted by molar-refractivity contribution is 5.85. The molecule has 0 bridgehead atoms. The van der Waals surface area contributed by atoms with Crippen LogP contribution < -0.4 is 4.74 Å². The van der Waals surface area contributed by atoms with Crippen molar-refractivity contribution in [2.24, 2.45) is 0 Å². The highest BCUT2D eigenvalue weighted by atomic mass is 19.1. The van der Waals surface area contributed by atoms with Crippen LogP contribution in [0.15, 0.2) is 30.3 Å². The summed E-state index contributed by atoms with van der Waals surface area (Å²) in [6.07, 6.45) is 0. The van der Waals surface area contributed by atoms with E-state index in [0.29, 0.717) is 5.56 Å². The number of hydrogen-bond acceptors (Lipinski definition) is 5. The molecule has 0 saturated heterocycles. The van der Waals surface area contributed by atoms with Crippen molar-refractivity contribution in [3.05, 3.63) is 57.5 Å². The first-order valence-electron chi connectivity index (χ1n) is 5.71. The molecule has 2 rings (SSSR count). The van der Waals surface area contributed by atoms with Gasteiger partial charge in [0, 0.05) is 6.07 Å². The number of aromatic carboxylic acids is 1. The second-order valence-electron chi connectivity index (χ2n) is 4.12. The van der Waals surface area contributed by atoms with Gasteiger partial charge in [0.2, 0.25) is 0 Å². The van der Waals surface area contributed by atoms with Crippen LogP contribution in [0.5, 0.6) is 11.6 Å². The number of nitrogens with zero attached hydrogens (tertiary/aromatic N) is 2. The highest BCUT2D eigenvalue weighted by Gasteiger charge is 2.21. The predicted molar refractivity (Wildman–Crippen MR) is 69.1 cm³/mol. The summed E-state index contributed by atoms with van der Waals surface area (Å²) >= 11 is 0. The molecular formula is C13H9FN2O5. The van der Waals surface area contributed by atoms with Crippen molar-refractivity contribution < 1.29 is 24.0 Å². The maximum Gasteiger partial charge on any atom is 0.354 e. The number of benzene rings is 1. The van der Waals surface area contributed by atoms with Crippen LogP contribution in [0.4, 0.5) is 10.1 Å². The van der Waals surface area contributed by atoms with E-state index in [0.717, 1.165) is 18.2 Å². The number of ether oxygens (including phenoxy) is 1. The van der Waals surface area contributed by atoms with E-state index in [2.05, 4.69) is 4.98 Å². The molecule has 0 unspecified atom stereocenters. The van der Waals surface area contributed by atoms with Gasteiger partial charge in [-0.1, -0.05) is 6.07 Å². The average molecular weight is 292 g/mol. The van der Waals surface area contributed by atoms with E-state index in [1.165, 1.54) is 12.1 Å². The fourth-order valence-corrected chi connectivity index (χ4v) is 1.56. The van der Waals surface area contributed by atoms with Crippen molar-refractivity contribution in [3.63, 3.8) is 0 Å². The molecule has 0 spiro atoms. The molecule has 1 heterocycles. The summed E-state index contributed by atoms with van der Waals surface area (Å²) in [5.74, 6) is -2.96. The summed E-state index contributed by atoms with van der Waals surface area (Å²) in [5.41, 5.74) is -0.326. The van der Waals surface area contributed by atoms with E-state index >= 15 is 0 Å². The number of carboxylic acid groups (broad SMARTS) is 1. The topological polar surface area (TPSA) is 103 Å². The van der Waals surface area contributed by atoms with Gasteiger partial charge in [0.1, 0.15) is 0 Å². The van der Waals surface area contributed by atoms with Crippen molar-refractivity contribution in [1.82, 2.24) is 4.98 Å². The number of aromatic nitrogens is 1. The van der Waals surface area contributed by atoms with E-state index in [1.54, 1.807) is 6.92 Å². The Morgan fingerprint density at radius 1 is 1.38 bits per heavy atom. The van der Waals surface area contributed by atoms with E-state index < -0.39 is 34.0 Å². The van der Waals surface area contributed by atoms with Crippen LogP contribution in [0, 0.1) is 22.9 Å². The zero-order chi connectivity index (χ0) is 15.6. The Morgan fingerprint density at radius 2 is 2.10 bits per heavy atom. The summed E-state index contributed by atoms with van der Waals surface area (Å²) < 4.78 is 18.7. The lowest BCUT2D eigenvalue weighted by molar-refractivity contribution is -0.386. The van der Waals surface area contributed by atoms with Crippen LogP contribution in [0.2, 0.25) is 0 Å².